The van der Waals surface area contributed by atoms with E-state index in [0.29, 0.717) is 0 Å². The third-order valence-electron chi connectivity index (χ3n) is 3.04. The van der Waals surface area contributed by atoms with Crippen molar-refractivity contribution in [1.29, 1.82) is 0 Å². The van der Waals surface area contributed by atoms with Crippen molar-refractivity contribution in [3.63, 3.8) is 0 Å². The third-order valence-corrected chi connectivity index (χ3v) is 3.28. The lowest BCUT2D eigenvalue weighted by molar-refractivity contribution is 0.329. The lowest BCUT2D eigenvalue weighted by Crippen LogP contribution is -2.28. The molecule has 2 rings (SSSR count). The topological polar surface area (TPSA) is 15.3 Å². The van der Waals surface area contributed by atoms with Crippen molar-refractivity contribution in [3.8, 4) is 11.8 Å². The Labute approximate surface area is 114 Å². The number of hydrogen-bond acceptors (Lipinski definition) is 2. The van der Waals surface area contributed by atoms with Crippen LogP contribution in [-0.2, 0) is 6.42 Å². The van der Waals surface area contributed by atoms with E-state index in [4.69, 9.17) is 11.6 Å². The molecule has 1 heterocycles. The monoisotopic (exact) mass is 262 g/mol. The molecule has 0 bridgehead atoms. The van der Waals surface area contributed by atoms with Crippen LogP contribution >= 0.6 is 11.6 Å². The van der Waals surface area contributed by atoms with Gasteiger partial charge in [0.25, 0.3) is 0 Å². The number of nitrogens with zero attached hydrogens (tertiary/aromatic N) is 1. The number of hydrogen-bond donors (Lipinski definition) is 1. The minimum Gasteiger partial charge on any atom is -0.315 e. The summed E-state index contributed by atoms with van der Waals surface area (Å²) in [4.78, 5) is 2.41. The minimum atomic E-state index is 0.784. The van der Waals surface area contributed by atoms with Crippen molar-refractivity contribution in [2.24, 2.45) is 0 Å². The lowest BCUT2D eigenvalue weighted by Gasteiger charge is -2.15. The molecule has 3 heteroatoms. The Morgan fingerprint density at radius 1 is 1.22 bits per heavy atom. The van der Waals surface area contributed by atoms with Crippen LogP contribution in [0.25, 0.3) is 0 Å². The Bertz CT molecular complexity index is 426. The summed E-state index contributed by atoms with van der Waals surface area (Å²) in [6, 6.07) is 7.91. The van der Waals surface area contributed by atoms with E-state index in [1.54, 1.807) is 0 Å². The number of rotatable bonds is 2. The second-order valence-electron chi connectivity index (χ2n) is 4.54. The maximum atomic E-state index is 5.93. The maximum absolute atomic E-state index is 5.93. The van der Waals surface area contributed by atoms with Crippen LogP contribution in [-0.4, -0.2) is 37.6 Å². The smallest absolute Gasteiger partial charge is 0.0602 e. The maximum Gasteiger partial charge on any atom is 0.0602 e. The minimum absolute atomic E-state index is 0.784. The van der Waals surface area contributed by atoms with Gasteiger partial charge in [0.15, 0.2) is 0 Å². The van der Waals surface area contributed by atoms with Gasteiger partial charge in [-0.3, -0.25) is 4.90 Å². The zero-order valence-electron chi connectivity index (χ0n) is 10.6. The average molecular weight is 263 g/mol. The number of halogens is 1. The van der Waals surface area contributed by atoms with Crippen molar-refractivity contribution in [1.82, 2.24) is 10.2 Å². The Balaban J connectivity index is 1.78. The first-order chi connectivity index (χ1) is 8.84. The highest BCUT2D eigenvalue weighted by Gasteiger charge is 2.05. The van der Waals surface area contributed by atoms with Crippen molar-refractivity contribution >= 4 is 11.6 Å². The zero-order valence-corrected chi connectivity index (χ0v) is 11.3. The average Bonchev–Trinajstić information content (AvgIpc) is 2.63. The molecule has 1 fully saturated rings. The van der Waals surface area contributed by atoms with Gasteiger partial charge in [0.05, 0.1) is 6.54 Å². The summed E-state index contributed by atoms with van der Waals surface area (Å²) < 4.78 is 0. The van der Waals surface area contributed by atoms with Gasteiger partial charge in [0, 0.05) is 31.1 Å². The van der Waals surface area contributed by atoms with E-state index < -0.39 is 0 Å². The fourth-order valence-electron chi connectivity index (χ4n) is 2.04. The Kier molecular flexibility index (Phi) is 5.54. The van der Waals surface area contributed by atoms with Crippen LogP contribution in [0.2, 0.25) is 5.02 Å². The number of benzene rings is 1. The van der Waals surface area contributed by atoms with Gasteiger partial charge in [-0.2, -0.15) is 0 Å². The molecule has 0 saturated carbocycles. The molecule has 18 heavy (non-hydrogen) atoms. The second kappa shape index (κ2) is 7.43. The summed E-state index contributed by atoms with van der Waals surface area (Å²) >= 11 is 5.93. The van der Waals surface area contributed by atoms with Crippen molar-refractivity contribution in [3.05, 3.63) is 34.9 Å². The second-order valence-corrected chi connectivity index (χ2v) is 4.98. The van der Waals surface area contributed by atoms with E-state index in [0.717, 1.165) is 44.2 Å². The molecule has 1 aromatic carbocycles. The van der Waals surface area contributed by atoms with E-state index in [2.05, 4.69) is 28.1 Å². The molecule has 1 N–H and O–H groups in total. The van der Waals surface area contributed by atoms with Crippen LogP contribution in [0, 0.1) is 11.8 Å². The third kappa shape index (κ3) is 4.70. The number of nitrogens with one attached hydrogen (secondary N) is 1. The first-order valence-electron chi connectivity index (χ1n) is 6.48. The van der Waals surface area contributed by atoms with Crippen LogP contribution in [0.4, 0.5) is 0 Å². The fourth-order valence-corrected chi connectivity index (χ4v) is 2.25. The highest BCUT2D eigenvalue weighted by Crippen LogP contribution is 2.10. The predicted octanol–water partition coefficient (Wildman–Crippen LogP) is 2.18. The van der Waals surface area contributed by atoms with E-state index in [1.807, 2.05) is 18.2 Å². The molecule has 0 amide bonds. The highest BCUT2D eigenvalue weighted by molar-refractivity contribution is 6.30. The summed E-state index contributed by atoms with van der Waals surface area (Å²) in [7, 11) is 0. The van der Waals surface area contributed by atoms with Gasteiger partial charge >= 0.3 is 0 Å². The van der Waals surface area contributed by atoms with Gasteiger partial charge in [-0.1, -0.05) is 35.6 Å². The molecular formula is C15H19ClN2. The molecule has 0 spiro atoms. The largest absolute Gasteiger partial charge is 0.315 e. The van der Waals surface area contributed by atoms with E-state index in [9.17, 15) is 0 Å². The van der Waals surface area contributed by atoms with Gasteiger partial charge in [-0.05, 0) is 30.7 Å². The highest BCUT2D eigenvalue weighted by atomic mass is 35.5. The van der Waals surface area contributed by atoms with Crippen molar-refractivity contribution in [2.45, 2.75) is 12.8 Å². The summed E-state index contributed by atoms with van der Waals surface area (Å²) in [6.45, 7) is 5.34. The van der Waals surface area contributed by atoms with Gasteiger partial charge in [-0.25, -0.2) is 0 Å². The zero-order chi connectivity index (χ0) is 12.6. The van der Waals surface area contributed by atoms with Crippen LogP contribution in [0.3, 0.4) is 0 Å². The summed E-state index contributed by atoms with van der Waals surface area (Å²) in [5.41, 5.74) is 1.19. The normalized spacial score (nSPS) is 16.7. The van der Waals surface area contributed by atoms with Crippen LogP contribution in [0.5, 0.6) is 0 Å². The first-order valence-corrected chi connectivity index (χ1v) is 6.85. The van der Waals surface area contributed by atoms with Crippen LogP contribution in [0.15, 0.2) is 24.3 Å². The SMILES string of the molecule is Clc1cccc(CC#CCN2CCCNCC2)c1. The van der Waals surface area contributed by atoms with E-state index in [1.165, 1.54) is 12.0 Å². The van der Waals surface area contributed by atoms with E-state index >= 15 is 0 Å². The first kappa shape index (κ1) is 13.4. The molecule has 0 aliphatic carbocycles. The van der Waals surface area contributed by atoms with E-state index in [-0.39, 0.29) is 0 Å². The summed E-state index contributed by atoms with van der Waals surface area (Å²) in [5, 5.41) is 4.18. The lowest BCUT2D eigenvalue weighted by atomic mass is 10.1. The summed E-state index contributed by atoms with van der Waals surface area (Å²) in [6.07, 6.45) is 2.00. The molecule has 0 aromatic heterocycles. The molecular weight excluding hydrogens is 244 g/mol. The van der Waals surface area contributed by atoms with Crippen molar-refractivity contribution < 1.29 is 0 Å². The Hall–Kier alpha value is -1.01. The molecule has 1 aliphatic heterocycles. The molecule has 0 unspecified atom stereocenters. The molecule has 1 aliphatic rings. The van der Waals surface area contributed by atoms with Crippen LogP contribution < -0.4 is 5.32 Å². The molecule has 0 atom stereocenters. The fraction of sp³-hybridized carbons (Fsp3) is 0.467. The Morgan fingerprint density at radius 2 is 2.17 bits per heavy atom. The molecule has 2 nitrogen and oxygen atoms in total. The van der Waals surface area contributed by atoms with Crippen LogP contribution in [0.1, 0.15) is 12.0 Å². The Morgan fingerprint density at radius 3 is 3.06 bits per heavy atom. The van der Waals surface area contributed by atoms with Gasteiger partial charge < -0.3 is 5.32 Å². The van der Waals surface area contributed by atoms with Gasteiger partial charge in [0.1, 0.15) is 0 Å². The van der Waals surface area contributed by atoms with Crippen molar-refractivity contribution in [2.75, 3.05) is 32.7 Å². The quantitative estimate of drug-likeness (QED) is 0.822. The molecule has 1 saturated heterocycles. The molecule has 1 aromatic rings. The molecule has 96 valence electrons. The van der Waals surface area contributed by atoms with Gasteiger partial charge in [-0.15, -0.1) is 0 Å². The predicted molar refractivity (Wildman–Crippen MR) is 76.9 cm³/mol. The molecule has 0 radical (unpaired) electrons. The summed E-state index contributed by atoms with van der Waals surface area (Å²) in [5.74, 6) is 6.48. The standard InChI is InChI=1S/C15H19ClN2/c16-15-7-3-6-14(13-15)5-1-2-10-18-11-4-8-17-9-12-18/h3,6-7,13,17H,4-5,8-12H2. The van der Waals surface area contributed by atoms with Gasteiger partial charge in [0.2, 0.25) is 0 Å².